The first-order valence-corrected chi connectivity index (χ1v) is 13.9. The van der Waals surface area contributed by atoms with Gasteiger partial charge in [0.15, 0.2) is 11.4 Å². The van der Waals surface area contributed by atoms with Gasteiger partial charge in [-0.3, -0.25) is 0 Å². The van der Waals surface area contributed by atoms with Gasteiger partial charge in [-0.25, -0.2) is 9.97 Å². The van der Waals surface area contributed by atoms with Crippen LogP contribution in [0.2, 0.25) is 0 Å². The summed E-state index contributed by atoms with van der Waals surface area (Å²) in [6.45, 7) is 0. The van der Waals surface area contributed by atoms with Gasteiger partial charge in [0, 0.05) is 50.7 Å². The lowest BCUT2D eigenvalue weighted by molar-refractivity contribution is 1.09. The molecule has 0 saturated carbocycles. The van der Waals surface area contributed by atoms with Crippen molar-refractivity contribution in [3.63, 3.8) is 0 Å². The van der Waals surface area contributed by atoms with Gasteiger partial charge in [-0.15, -0.1) is 0 Å². The zero-order chi connectivity index (χ0) is 31.1. The molecule has 0 N–H and O–H groups in total. The van der Waals surface area contributed by atoms with Gasteiger partial charge in [0.2, 0.25) is 0 Å². The van der Waals surface area contributed by atoms with Gasteiger partial charge in [0.1, 0.15) is 23.5 Å². The lowest BCUT2D eigenvalue weighted by atomic mass is 10.0. The van der Waals surface area contributed by atoms with E-state index in [0.717, 1.165) is 44.8 Å². The molecule has 0 spiro atoms. The van der Waals surface area contributed by atoms with E-state index in [-0.39, 0.29) is 22.8 Å². The predicted molar refractivity (Wildman–Crippen MR) is 176 cm³/mol. The first-order valence-electron chi connectivity index (χ1n) is 13.9. The number of anilines is 2. The maximum absolute atomic E-state index is 9.51. The number of rotatable bonds is 4. The van der Waals surface area contributed by atoms with Crippen LogP contribution in [0.25, 0.3) is 22.3 Å². The van der Waals surface area contributed by atoms with Gasteiger partial charge < -0.3 is 9.80 Å². The van der Waals surface area contributed by atoms with Gasteiger partial charge in [-0.1, -0.05) is 60.4 Å². The molecule has 0 bridgehead atoms. The highest BCUT2D eigenvalue weighted by molar-refractivity contribution is 5.68. The molecule has 0 saturated heterocycles. The third-order valence-electron chi connectivity index (χ3n) is 6.96. The van der Waals surface area contributed by atoms with Crippen molar-refractivity contribution in [2.24, 2.45) is 0 Å². The minimum atomic E-state index is -0.0801. The summed E-state index contributed by atoms with van der Waals surface area (Å²) in [5.74, 6) is 12.2. The van der Waals surface area contributed by atoms with E-state index in [4.69, 9.17) is 0 Å². The predicted octanol–water partition coefficient (Wildman–Crippen LogP) is 6.49. The van der Waals surface area contributed by atoms with Gasteiger partial charge in [0.25, 0.3) is 0 Å². The molecule has 4 aromatic carbocycles. The Hall–Kier alpha value is -6.34. The van der Waals surface area contributed by atoms with Crippen LogP contribution in [0.3, 0.4) is 0 Å². The lowest BCUT2D eigenvalue weighted by Gasteiger charge is -2.12. The Morgan fingerprint density at radius 1 is 0.409 bits per heavy atom. The molecule has 44 heavy (non-hydrogen) atoms. The Labute approximate surface area is 258 Å². The molecule has 6 heteroatoms. The molecule has 5 rings (SSSR count). The summed E-state index contributed by atoms with van der Waals surface area (Å²) >= 11 is 0. The Balaban J connectivity index is 1.40. The Morgan fingerprint density at radius 2 is 0.705 bits per heavy atom. The molecule has 0 aliphatic rings. The Bertz CT molecular complexity index is 1850. The minimum Gasteiger partial charge on any atom is -0.378 e. The van der Waals surface area contributed by atoms with Crippen LogP contribution in [-0.2, 0) is 0 Å². The van der Waals surface area contributed by atoms with E-state index in [1.54, 1.807) is 0 Å². The fourth-order valence-corrected chi connectivity index (χ4v) is 4.42. The second-order valence-corrected chi connectivity index (χ2v) is 10.4. The van der Waals surface area contributed by atoms with Gasteiger partial charge in [0.05, 0.1) is 0 Å². The van der Waals surface area contributed by atoms with Crippen molar-refractivity contribution < 1.29 is 0 Å². The van der Waals surface area contributed by atoms with Crippen molar-refractivity contribution in [3.8, 4) is 58.1 Å². The molecule has 0 fully saturated rings. The van der Waals surface area contributed by atoms with E-state index in [9.17, 15) is 10.5 Å². The average Bonchev–Trinajstić information content (AvgIpc) is 3.06. The van der Waals surface area contributed by atoms with Crippen LogP contribution in [0, 0.1) is 46.3 Å². The average molecular weight is 569 g/mol. The van der Waals surface area contributed by atoms with E-state index in [1.807, 2.05) is 88.9 Å². The summed E-state index contributed by atoms with van der Waals surface area (Å²) in [4.78, 5) is 12.8. The number of benzene rings is 4. The highest BCUT2D eigenvalue weighted by Gasteiger charge is 2.11. The summed E-state index contributed by atoms with van der Waals surface area (Å²) in [7, 11) is 8.06. The van der Waals surface area contributed by atoms with Crippen LogP contribution < -0.4 is 9.80 Å². The van der Waals surface area contributed by atoms with Crippen LogP contribution in [-0.4, -0.2) is 38.2 Å². The van der Waals surface area contributed by atoms with E-state index in [1.165, 1.54) is 0 Å². The SMILES string of the molecule is CN(C)c1ccc(-c2ccc(C#Cc3nc(C#N)c(C#N)nc3C#Cc3ccc(-c4ccc(N(C)C)cc4)cc3)cc2)cc1. The number of hydrogen-bond donors (Lipinski definition) is 0. The van der Waals surface area contributed by atoms with Crippen molar-refractivity contribution >= 4 is 11.4 Å². The van der Waals surface area contributed by atoms with Crippen molar-refractivity contribution in [2.45, 2.75) is 0 Å². The molecule has 0 unspecified atom stereocenters. The van der Waals surface area contributed by atoms with E-state index in [0.29, 0.717) is 0 Å². The Morgan fingerprint density at radius 3 is 0.977 bits per heavy atom. The summed E-state index contributed by atoms with van der Waals surface area (Å²) in [5, 5.41) is 19.0. The third kappa shape index (κ3) is 6.75. The van der Waals surface area contributed by atoms with Crippen LogP contribution in [0.15, 0.2) is 97.1 Å². The molecule has 5 aromatic rings. The number of hydrogen-bond acceptors (Lipinski definition) is 6. The highest BCUT2D eigenvalue weighted by Crippen LogP contribution is 2.24. The zero-order valence-electron chi connectivity index (χ0n) is 24.9. The second kappa shape index (κ2) is 13.1. The molecule has 1 aromatic heterocycles. The maximum atomic E-state index is 9.51. The smallest absolute Gasteiger partial charge is 0.178 e. The van der Waals surface area contributed by atoms with Crippen LogP contribution in [0.4, 0.5) is 11.4 Å². The zero-order valence-corrected chi connectivity index (χ0v) is 24.9. The molecule has 0 aliphatic heterocycles. The molecule has 0 aliphatic carbocycles. The molecular weight excluding hydrogens is 540 g/mol. The standard InChI is InChI=1S/C38H28N6/c1-43(2)33-19-15-31(16-20-33)29-11-5-27(6-12-29)9-23-35-36(42-38(26-40)37(25-39)41-35)24-10-28-7-13-30(14-8-28)32-17-21-34(22-18-32)44(3)4/h5-8,11-22H,1-4H3. The quantitative estimate of drug-likeness (QED) is 0.231. The van der Waals surface area contributed by atoms with Crippen molar-refractivity contribution in [3.05, 3.63) is 131 Å². The molecule has 0 atom stereocenters. The molecular formula is C38H28N6. The number of aromatic nitrogens is 2. The summed E-state index contributed by atoms with van der Waals surface area (Å²) in [6, 6.07) is 36.4. The largest absolute Gasteiger partial charge is 0.378 e. The summed E-state index contributed by atoms with van der Waals surface area (Å²) in [6.07, 6.45) is 0. The van der Waals surface area contributed by atoms with E-state index in [2.05, 4.69) is 92.0 Å². The minimum absolute atomic E-state index is 0.0801. The second-order valence-electron chi connectivity index (χ2n) is 10.4. The van der Waals surface area contributed by atoms with Crippen LogP contribution in [0.1, 0.15) is 33.9 Å². The highest BCUT2D eigenvalue weighted by atomic mass is 15.1. The Kier molecular flexibility index (Phi) is 8.68. The summed E-state index contributed by atoms with van der Waals surface area (Å²) < 4.78 is 0. The third-order valence-corrected chi connectivity index (χ3v) is 6.96. The van der Waals surface area contributed by atoms with E-state index >= 15 is 0 Å². The molecule has 0 amide bonds. The fraction of sp³-hybridized carbons (Fsp3) is 0.105. The number of nitriles is 2. The van der Waals surface area contributed by atoms with Gasteiger partial charge in [-0.2, -0.15) is 10.5 Å². The summed E-state index contributed by atoms with van der Waals surface area (Å²) in [5.41, 5.74) is 8.53. The molecule has 0 radical (unpaired) electrons. The molecule has 1 heterocycles. The van der Waals surface area contributed by atoms with Crippen molar-refractivity contribution in [1.29, 1.82) is 10.5 Å². The monoisotopic (exact) mass is 568 g/mol. The fourth-order valence-electron chi connectivity index (χ4n) is 4.42. The van der Waals surface area contributed by atoms with Gasteiger partial charge >= 0.3 is 0 Å². The first kappa shape index (κ1) is 29.2. The van der Waals surface area contributed by atoms with Crippen molar-refractivity contribution in [1.82, 2.24) is 9.97 Å². The van der Waals surface area contributed by atoms with Crippen LogP contribution >= 0.6 is 0 Å². The lowest BCUT2D eigenvalue weighted by Crippen LogP contribution is -2.07. The van der Waals surface area contributed by atoms with Crippen LogP contribution in [0.5, 0.6) is 0 Å². The molecule has 6 nitrogen and oxygen atoms in total. The normalized spacial score (nSPS) is 9.86. The number of nitrogens with zero attached hydrogens (tertiary/aromatic N) is 6. The van der Waals surface area contributed by atoms with E-state index < -0.39 is 0 Å². The maximum Gasteiger partial charge on any atom is 0.178 e. The van der Waals surface area contributed by atoms with Gasteiger partial charge in [-0.05, 0) is 82.6 Å². The molecule has 210 valence electrons. The van der Waals surface area contributed by atoms with Crippen molar-refractivity contribution in [2.75, 3.05) is 38.0 Å². The topological polar surface area (TPSA) is 79.8 Å². The first-order chi connectivity index (χ1) is 21.3.